The van der Waals surface area contributed by atoms with Crippen LogP contribution in [0.2, 0.25) is 0 Å². The molecule has 0 aliphatic carbocycles. The largest absolute Gasteiger partial charge is 0.383 e. The maximum Gasteiger partial charge on any atom is 0.255 e. The summed E-state index contributed by atoms with van der Waals surface area (Å²) < 4.78 is 4.90. The van der Waals surface area contributed by atoms with E-state index in [1.165, 1.54) is 11.3 Å². The van der Waals surface area contributed by atoms with Crippen LogP contribution >= 0.6 is 11.3 Å². The minimum absolute atomic E-state index is 0.184. The first-order valence-corrected chi connectivity index (χ1v) is 5.36. The van der Waals surface area contributed by atoms with E-state index in [1.54, 1.807) is 5.51 Å². The molecule has 0 spiro atoms. The number of nitrogens with zero attached hydrogens (tertiary/aromatic N) is 3. The predicted molar refractivity (Wildman–Crippen MR) is 54.0 cm³/mol. The van der Waals surface area contributed by atoms with Crippen LogP contribution in [0.5, 0.6) is 0 Å². The van der Waals surface area contributed by atoms with Gasteiger partial charge in [-0.3, -0.25) is 0 Å². The lowest BCUT2D eigenvalue weighted by Crippen LogP contribution is -2.06. The van der Waals surface area contributed by atoms with Crippen LogP contribution in [-0.4, -0.2) is 26.8 Å². The Labute approximate surface area is 89.8 Å². The van der Waals surface area contributed by atoms with Crippen LogP contribution in [-0.2, 0) is 0 Å². The smallest absolute Gasteiger partial charge is 0.255 e. The van der Waals surface area contributed by atoms with Gasteiger partial charge in [0.1, 0.15) is 11.8 Å². The highest BCUT2D eigenvalue weighted by molar-refractivity contribution is 7.07. The number of aromatic nitrogens is 3. The molecule has 15 heavy (non-hydrogen) atoms. The summed E-state index contributed by atoms with van der Waals surface area (Å²) in [6, 6.07) is 0. The topological polar surface area (TPSA) is 98.1 Å². The Morgan fingerprint density at radius 2 is 2.47 bits per heavy atom. The van der Waals surface area contributed by atoms with Gasteiger partial charge in [-0.15, -0.1) is 11.3 Å². The lowest BCUT2D eigenvalue weighted by molar-refractivity contribution is 0.127. The van der Waals surface area contributed by atoms with Gasteiger partial charge in [0.15, 0.2) is 0 Å². The fourth-order valence-electron chi connectivity index (χ4n) is 1.08. The molecular weight excluding hydrogens is 216 g/mol. The molecular formula is C8H10N4O2S. The zero-order chi connectivity index (χ0) is 10.7. The third-order valence-corrected chi connectivity index (χ3v) is 2.41. The number of aliphatic hydroxyl groups excluding tert-OH is 1. The Balaban J connectivity index is 2.17. The van der Waals surface area contributed by atoms with Crippen molar-refractivity contribution >= 4 is 11.3 Å². The number of thiazole rings is 1. The number of aliphatic hydroxyl groups is 1. The standard InChI is InChI=1S/C8H10N4O2S/c9-2-1-6(13)8-11-7(12-14-8)5-3-15-4-10-5/h3-4,6,13H,1-2,9H2/t6-/m0/s1. The van der Waals surface area contributed by atoms with E-state index < -0.39 is 6.10 Å². The zero-order valence-corrected chi connectivity index (χ0v) is 8.65. The van der Waals surface area contributed by atoms with Crippen LogP contribution in [0.25, 0.3) is 11.5 Å². The lowest BCUT2D eigenvalue weighted by atomic mass is 10.2. The fraction of sp³-hybridized carbons (Fsp3) is 0.375. The monoisotopic (exact) mass is 226 g/mol. The summed E-state index contributed by atoms with van der Waals surface area (Å²) in [7, 11) is 0. The second-order valence-corrected chi connectivity index (χ2v) is 3.64. The number of rotatable bonds is 4. The summed E-state index contributed by atoms with van der Waals surface area (Å²) in [5.41, 5.74) is 7.64. The first-order chi connectivity index (χ1) is 7.31. The Morgan fingerprint density at radius 3 is 3.13 bits per heavy atom. The van der Waals surface area contributed by atoms with Crippen LogP contribution in [0.1, 0.15) is 18.4 Å². The molecule has 80 valence electrons. The third kappa shape index (κ3) is 2.20. The van der Waals surface area contributed by atoms with Gasteiger partial charge in [0, 0.05) is 5.38 Å². The van der Waals surface area contributed by atoms with Crippen molar-refractivity contribution in [2.45, 2.75) is 12.5 Å². The summed E-state index contributed by atoms with van der Waals surface area (Å²) in [4.78, 5) is 8.06. The highest BCUT2D eigenvalue weighted by Gasteiger charge is 2.16. The molecule has 2 aromatic rings. The van der Waals surface area contributed by atoms with Crippen LogP contribution < -0.4 is 5.73 Å². The van der Waals surface area contributed by atoms with Gasteiger partial charge in [0.2, 0.25) is 5.82 Å². The van der Waals surface area contributed by atoms with Crippen LogP contribution in [0.3, 0.4) is 0 Å². The van der Waals surface area contributed by atoms with Gasteiger partial charge in [0.25, 0.3) is 5.89 Å². The first kappa shape index (κ1) is 10.2. The molecule has 0 aliphatic heterocycles. The molecule has 0 saturated heterocycles. The molecule has 0 saturated carbocycles. The van der Waals surface area contributed by atoms with Crippen molar-refractivity contribution in [1.29, 1.82) is 0 Å². The van der Waals surface area contributed by atoms with E-state index in [2.05, 4.69) is 15.1 Å². The predicted octanol–water partition coefficient (Wildman–Crippen LogP) is 0.575. The summed E-state index contributed by atoms with van der Waals surface area (Å²) in [5.74, 6) is 0.575. The lowest BCUT2D eigenvalue weighted by Gasteiger charge is -2.00. The van der Waals surface area contributed by atoms with Gasteiger partial charge in [-0.05, 0) is 13.0 Å². The molecule has 0 radical (unpaired) electrons. The average Bonchev–Trinajstić information content (AvgIpc) is 2.89. The molecule has 7 heteroatoms. The van der Waals surface area contributed by atoms with Gasteiger partial charge >= 0.3 is 0 Å². The Kier molecular flexibility index (Phi) is 3.05. The molecule has 0 aliphatic rings. The molecule has 0 bridgehead atoms. The van der Waals surface area contributed by atoms with Crippen molar-refractivity contribution < 1.29 is 9.63 Å². The van der Waals surface area contributed by atoms with Gasteiger partial charge in [-0.2, -0.15) is 4.98 Å². The van der Waals surface area contributed by atoms with Crippen molar-refractivity contribution in [3.05, 3.63) is 16.8 Å². The van der Waals surface area contributed by atoms with Crippen molar-refractivity contribution in [3.63, 3.8) is 0 Å². The van der Waals surface area contributed by atoms with E-state index in [1.807, 2.05) is 5.38 Å². The van der Waals surface area contributed by atoms with Crippen molar-refractivity contribution in [2.24, 2.45) is 5.73 Å². The second kappa shape index (κ2) is 4.47. The quantitative estimate of drug-likeness (QED) is 0.791. The molecule has 6 nitrogen and oxygen atoms in total. The average molecular weight is 226 g/mol. The van der Waals surface area contributed by atoms with E-state index in [0.29, 0.717) is 24.5 Å². The van der Waals surface area contributed by atoms with Crippen molar-refractivity contribution in [3.8, 4) is 11.5 Å². The maximum atomic E-state index is 9.54. The molecule has 0 aromatic carbocycles. The van der Waals surface area contributed by atoms with Gasteiger partial charge < -0.3 is 15.4 Å². The highest BCUT2D eigenvalue weighted by atomic mass is 32.1. The van der Waals surface area contributed by atoms with E-state index in [0.717, 1.165) is 0 Å². The van der Waals surface area contributed by atoms with Crippen molar-refractivity contribution in [2.75, 3.05) is 6.54 Å². The van der Waals surface area contributed by atoms with Crippen LogP contribution in [0.4, 0.5) is 0 Å². The minimum atomic E-state index is -0.796. The summed E-state index contributed by atoms with van der Waals surface area (Å²) in [5, 5.41) is 15.1. The van der Waals surface area contributed by atoms with E-state index in [9.17, 15) is 5.11 Å². The molecule has 2 aromatic heterocycles. The van der Waals surface area contributed by atoms with Gasteiger partial charge in [-0.25, -0.2) is 4.98 Å². The maximum absolute atomic E-state index is 9.54. The SMILES string of the molecule is NCC[C@H](O)c1nc(-c2cscn2)no1. The number of hydrogen-bond donors (Lipinski definition) is 2. The van der Waals surface area contributed by atoms with E-state index in [-0.39, 0.29) is 5.89 Å². The summed E-state index contributed by atoms with van der Waals surface area (Å²) >= 11 is 1.45. The highest BCUT2D eigenvalue weighted by Crippen LogP contribution is 2.19. The summed E-state index contributed by atoms with van der Waals surface area (Å²) in [6.45, 7) is 0.371. The van der Waals surface area contributed by atoms with Crippen LogP contribution in [0.15, 0.2) is 15.4 Å². The molecule has 0 unspecified atom stereocenters. The van der Waals surface area contributed by atoms with E-state index in [4.69, 9.17) is 10.3 Å². The molecule has 1 atom stereocenters. The molecule has 0 amide bonds. The fourth-order valence-corrected chi connectivity index (χ4v) is 1.61. The zero-order valence-electron chi connectivity index (χ0n) is 7.83. The Bertz CT molecular complexity index is 414. The van der Waals surface area contributed by atoms with Gasteiger partial charge in [0.05, 0.1) is 5.51 Å². The molecule has 0 fully saturated rings. The van der Waals surface area contributed by atoms with Gasteiger partial charge in [-0.1, -0.05) is 5.16 Å². The third-order valence-electron chi connectivity index (χ3n) is 1.83. The molecule has 2 heterocycles. The van der Waals surface area contributed by atoms with Crippen molar-refractivity contribution in [1.82, 2.24) is 15.1 Å². The van der Waals surface area contributed by atoms with Crippen LogP contribution in [0, 0.1) is 0 Å². The molecule has 2 rings (SSSR count). The normalized spacial score (nSPS) is 12.9. The summed E-state index contributed by atoms with van der Waals surface area (Å²) in [6.07, 6.45) is -0.395. The second-order valence-electron chi connectivity index (χ2n) is 2.92. The number of nitrogens with two attached hydrogens (primary N) is 1. The Morgan fingerprint density at radius 1 is 1.60 bits per heavy atom. The Hall–Kier alpha value is -1.31. The minimum Gasteiger partial charge on any atom is -0.383 e. The number of hydrogen-bond acceptors (Lipinski definition) is 7. The van der Waals surface area contributed by atoms with E-state index >= 15 is 0 Å². The molecule has 3 N–H and O–H groups in total. The first-order valence-electron chi connectivity index (χ1n) is 4.41.